The lowest BCUT2D eigenvalue weighted by atomic mass is 10.0. The van der Waals surface area contributed by atoms with Crippen molar-refractivity contribution in [3.63, 3.8) is 0 Å². The first-order valence-electron chi connectivity index (χ1n) is 6.35. The Balaban J connectivity index is 2.92. The summed E-state index contributed by atoms with van der Waals surface area (Å²) in [5, 5.41) is 3.11. The van der Waals surface area contributed by atoms with Crippen molar-refractivity contribution in [2.24, 2.45) is 5.92 Å². The van der Waals surface area contributed by atoms with E-state index in [1.807, 2.05) is 13.8 Å². The number of anilines is 1. The van der Waals surface area contributed by atoms with E-state index in [1.54, 1.807) is 6.07 Å². The van der Waals surface area contributed by atoms with Crippen LogP contribution < -0.4 is 5.32 Å². The van der Waals surface area contributed by atoms with Crippen LogP contribution in [0.2, 0.25) is 0 Å². The Labute approximate surface area is 122 Å². The third-order valence-electron chi connectivity index (χ3n) is 2.64. The fourth-order valence-electron chi connectivity index (χ4n) is 1.66. The van der Waals surface area contributed by atoms with Crippen molar-refractivity contribution in [3.8, 4) is 0 Å². The number of carbonyl (C=O) groups excluding carboxylic acids is 1. The summed E-state index contributed by atoms with van der Waals surface area (Å²) in [6.45, 7) is 5.98. The molecule has 0 aromatic carbocycles. The molecular weight excluding hydrogens is 310 g/mol. The van der Waals surface area contributed by atoms with Gasteiger partial charge in [-0.1, -0.05) is 20.8 Å². The molecule has 5 nitrogen and oxygen atoms in total. The number of nitrogens with one attached hydrogen (secondary N) is 1. The standard InChI is InChI=1S/C13H20BrN3O2/c1-5-6-10-15-9(14)7-11(16-10)17-12(8(2)3)13(18)19-4/h7-8,12H,5-6H2,1-4H3,(H,15,16,17). The van der Waals surface area contributed by atoms with Gasteiger partial charge in [0.1, 0.15) is 22.3 Å². The fourth-order valence-corrected chi connectivity index (χ4v) is 2.08. The van der Waals surface area contributed by atoms with E-state index < -0.39 is 6.04 Å². The van der Waals surface area contributed by atoms with Crippen LogP contribution in [-0.2, 0) is 16.0 Å². The fraction of sp³-hybridized carbons (Fsp3) is 0.615. The quantitative estimate of drug-likeness (QED) is 0.642. The number of aromatic nitrogens is 2. The summed E-state index contributed by atoms with van der Waals surface area (Å²) in [7, 11) is 1.39. The molecule has 1 aromatic heterocycles. The molecule has 1 rings (SSSR count). The Kier molecular flexibility index (Phi) is 6.21. The first kappa shape index (κ1) is 15.9. The van der Waals surface area contributed by atoms with Gasteiger partial charge in [-0.2, -0.15) is 0 Å². The molecule has 0 aliphatic heterocycles. The van der Waals surface area contributed by atoms with Gasteiger partial charge in [0.2, 0.25) is 0 Å². The SMILES string of the molecule is CCCc1nc(Br)cc(NC(C(=O)OC)C(C)C)n1. The van der Waals surface area contributed by atoms with Gasteiger partial charge in [-0.3, -0.25) is 0 Å². The zero-order valence-electron chi connectivity index (χ0n) is 11.7. The number of ether oxygens (including phenoxy) is 1. The van der Waals surface area contributed by atoms with E-state index in [1.165, 1.54) is 7.11 Å². The zero-order valence-corrected chi connectivity index (χ0v) is 13.3. The van der Waals surface area contributed by atoms with Gasteiger partial charge in [0, 0.05) is 12.5 Å². The zero-order chi connectivity index (χ0) is 14.4. The summed E-state index contributed by atoms with van der Waals surface area (Å²) in [6.07, 6.45) is 1.78. The first-order chi connectivity index (χ1) is 8.97. The number of esters is 1. The van der Waals surface area contributed by atoms with Gasteiger partial charge in [0.25, 0.3) is 0 Å². The Morgan fingerprint density at radius 1 is 1.47 bits per heavy atom. The van der Waals surface area contributed by atoms with Crippen LogP contribution in [0, 0.1) is 5.92 Å². The molecule has 0 bridgehead atoms. The Morgan fingerprint density at radius 2 is 2.16 bits per heavy atom. The highest BCUT2D eigenvalue weighted by Gasteiger charge is 2.23. The van der Waals surface area contributed by atoms with Crippen LogP contribution in [0.15, 0.2) is 10.7 Å². The number of aryl methyl sites for hydroxylation is 1. The molecule has 1 heterocycles. The highest BCUT2D eigenvalue weighted by molar-refractivity contribution is 9.10. The van der Waals surface area contributed by atoms with Gasteiger partial charge >= 0.3 is 5.97 Å². The highest BCUT2D eigenvalue weighted by atomic mass is 79.9. The maximum atomic E-state index is 11.7. The largest absolute Gasteiger partial charge is 0.467 e. The molecule has 0 saturated carbocycles. The summed E-state index contributed by atoms with van der Waals surface area (Å²) in [6, 6.07) is 1.35. The van der Waals surface area contributed by atoms with Crippen molar-refractivity contribution in [2.75, 3.05) is 12.4 Å². The average Bonchev–Trinajstić information content (AvgIpc) is 2.34. The third kappa shape index (κ3) is 4.78. The van der Waals surface area contributed by atoms with Gasteiger partial charge < -0.3 is 10.1 Å². The second kappa shape index (κ2) is 7.43. The second-order valence-electron chi connectivity index (χ2n) is 4.63. The number of methoxy groups -OCH3 is 1. The Bertz CT molecular complexity index is 438. The van der Waals surface area contributed by atoms with Crippen molar-refractivity contribution in [3.05, 3.63) is 16.5 Å². The smallest absolute Gasteiger partial charge is 0.328 e. The van der Waals surface area contributed by atoms with Crippen molar-refractivity contribution in [1.29, 1.82) is 0 Å². The molecule has 0 aliphatic carbocycles. The Morgan fingerprint density at radius 3 is 2.68 bits per heavy atom. The van der Waals surface area contributed by atoms with E-state index in [0.717, 1.165) is 18.7 Å². The second-order valence-corrected chi connectivity index (χ2v) is 5.44. The predicted molar refractivity (Wildman–Crippen MR) is 78.0 cm³/mol. The average molecular weight is 330 g/mol. The van der Waals surface area contributed by atoms with Crippen LogP contribution in [-0.4, -0.2) is 29.1 Å². The number of hydrogen-bond acceptors (Lipinski definition) is 5. The molecule has 1 N–H and O–H groups in total. The van der Waals surface area contributed by atoms with Crippen molar-refractivity contribution >= 4 is 27.7 Å². The summed E-state index contributed by atoms with van der Waals surface area (Å²) in [5.41, 5.74) is 0. The monoisotopic (exact) mass is 329 g/mol. The molecule has 0 radical (unpaired) electrons. The first-order valence-corrected chi connectivity index (χ1v) is 7.15. The van der Waals surface area contributed by atoms with Crippen LogP contribution in [0.5, 0.6) is 0 Å². The summed E-state index contributed by atoms with van der Waals surface area (Å²) in [4.78, 5) is 20.4. The van der Waals surface area contributed by atoms with E-state index in [-0.39, 0.29) is 11.9 Å². The molecule has 1 aromatic rings. The molecule has 1 atom stereocenters. The van der Waals surface area contributed by atoms with Gasteiger partial charge in [-0.25, -0.2) is 14.8 Å². The number of halogens is 1. The molecular formula is C13H20BrN3O2. The lowest BCUT2D eigenvalue weighted by molar-refractivity contribution is -0.142. The van der Waals surface area contributed by atoms with Crippen LogP contribution in [0.1, 0.15) is 33.0 Å². The minimum absolute atomic E-state index is 0.107. The van der Waals surface area contributed by atoms with Crippen molar-refractivity contribution in [1.82, 2.24) is 9.97 Å². The number of carbonyl (C=O) groups is 1. The highest BCUT2D eigenvalue weighted by Crippen LogP contribution is 2.16. The van der Waals surface area contributed by atoms with E-state index in [4.69, 9.17) is 4.74 Å². The molecule has 0 spiro atoms. The van der Waals surface area contributed by atoms with Gasteiger partial charge in [0.05, 0.1) is 7.11 Å². The normalized spacial score (nSPS) is 12.3. The number of hydrogen-bond donors (Lipinski definition) is 1. The van der Waals surface area contributed by atoms with Crippen LogP contribution in [0.3, 0.4) is 0 Å². The van der Waals surface area contributed by atoms with Gasteiger partial charge in [-0.05, 0) is 28.3 Å². The Hall–Kier alpha value is -1.17. The lowest BCUT2D eigenvalue weighted by Crippen LogP contribution is -2.35. The van der Waals surface area contributed by atoms with Crippen molar-refractivity contribution in [2.45, 2.75) is 39.7 Å². The molecule has 0 fully saturated rings. The molecule has 0 amide bonds. The summed E-state index contributed by atoms with van der Waals surface area (Å²) in [5.74, 6) is 1.21. The maximum absolute atomic E-state index is 11.7. The molecule has 6 heteroatoms. The topological polar surface area (TPSA) is 64.1 Å². The molecule has 19 heavy (non-hydrogen) atoms. The van der Waals surface area contributed by atoms with Crippen LogP contribution in [0.25, 0.3) is 0 Å². The van der Waals surface area contributed by atoms with Crippen LogP contribution in [0.4, 0.5) is 5.82 Å². The molecule has 0 aliphatic rings. The van der Waals surface area contributed by atoms with Gasteiger partial charge in [-0.15, -0.1) is 0 Å². The van der Waals surface area contributed by atoms with Crippen molar-refractivity contribution < 1.29 is 9.53 Å². The molecule has 1 unspecified atom stereocenters. The van der Waals surface area contributed by atoms with E-state index in [9.17, 15) is 4.79 Å². The van der Waals surface area contributed by atoms with E-state index in [2.05, 4.69) is 38.1 Å². The van der Waals surface area contributed by atoms with E-state index >= 15 is 0 Å². The van der Waals surface area contributed by atoms with E-state index in [0.29, 0.717) is 10.4 Å². The third-order valence-corrected chi connectivity index (χ3v) is 3.05. The molecule has 0 saturated heterocycles. The van der Waals surface area contributed by atoms with Crippen LogP contribution >= 0.6 is 15.9 Å². The number of rotatable bonds is 6. The predicted octanol–water partition coefficient (Wildman–Crippen LogP) is 2.80. The van der Waals surface area contributed by atoms with Gasteiger partial charge in [0.15, 0.2) is 0 Å². The number of nitrogens with zero attached hydrogens (tertiary/aromatic N) is 2. The summed E-state index contributed by atoms with van der Waals surface area (Å²) >= 11 is 3.36. The minimum atomic E-state index is -0.415. The maximum Gasteiger partial charge on any atom is 0.328 e. The molecule has 106 valence electrons. The lowest BCUT2D eigenvalue weighted by Gasteiger charge is -2.20. The minimum Gasteiger partial charge on any atom is -0.467 e. The summed E-state index contributed by atoms with van der Waals surface area (Å²) < 4.78 is 5.51.